The number of halogens is 1. The molecule has 130 valence electrons. The van der Waals surface area contributed by atoms with Gasteiger partial charge in [0.1, 0.15) is 5.75 Å². The predicted molar refractivity (Wildman–Crippen MR) is 89.6 cm³/mol. The maximum atomic E-state index is 12.6. The van der Waals surface area contributed by atoms with Crippen molar-refractivity contribution in [1.29, 1.82) is 0 Å². The lowest BCUT2D eigenvalue weighted by Gasteiger charge is -2.62. The Hall–Kier alpha value is -1.14. The van der Waals surface area contributed by atoms with Gasteiger partial charge in [0.2, 0.25) is 0 Å². The van der Waals surface area contributed by atoms with E-state index in [1.54, 1.807) is 0 Å². The molecule has 24 heavy (non-hydrogen) atoms. The fourth-order valence-electron chi connectivity index (χ4n) is 5.73. The van der Waals surface area contributed by atoms with Gasteiger partial charge in [-0.1, -0.05) is 12.1 Å². The van der Waals surface area contributed by atoms with Gasteiger partial charge in [0.25, 0.3) is 0 Å². The molecule has 1 saturated heterocycles. The number of likely N-dealkylation sites (N-methyl/N-ethyl adjacent to an activating group) is 1. The summed E-state index contributed by atoms with van der Waals surface area (Å²) >= 11 is 0. The van der Waals surface area contributed by atoms with E-state index in [1.165, 1.54) is 0 Å². The molecule has 5 rings (SSSR count). The predicted octanol–water partition coefficient (Wildman–Crippen LogP) is 0.954. The number of carbonyl (C=O) groups excluding carboxylic acids is 1. The Morgan fingerprint density at radius 3 is 2.92 bits per heavy atom. The summed E-state index contributed by atoms with van der Waals surface area (Å²) in [7, 11) is 2.06. The quantitative estimate of drug-likeness (QED) is 0.788. The molecular formula is C18H22ClNO4. The largest absolute Gasteiger partial charge is 0.481 e. The second kappa shape index (κ2) is 4.94. The number of rotatable bonds is 1. The minimum Gasteiger partial charge on any atom is -0.481 e. The van der Waals surface area contributed by atoms with Gasteiger partial charge in [-0.05, 0) is 38.4 Å². The monoisotopic (exact) mass is 351 g/mol. The normalized spacial score (nSPS) is 39.0. The smallest absolute Gasteiger partial charge is 0.174 e. The Kier molecular flexibility index (Phi) is 3.37. The molecule has 4 atom stereocenters. The Balaban J connectivity index is 0.00000146. The van der Waals surface area contributed by atoms with E-state index in [2.05, 4.69) is 11.9 Å². The first-order valence-corrected chi connectivity index (χ1v) is 8.41. The van der Waals surface area contributed by atoms with Crippen molar-refractivity contribution in [1.82, 2.24) is 4.90 Å². The molecule has 0 amide bonds. The summed E-state index contributed by atoms with van der Waals surface area (Å²) in [4.78, 5) is 14.9. The van der Waals surface area contributed by atoms with Crippen LogP contribution in [0.4, 0.5) is 0 Å². The number of piperidine rings is 1. The van der Waals surface area contributed by atoms with E-state index in [0.29, 0.717) is 18.6 Å². The van der Waals surface area contributed by atoms with Gasteiger partial charge < -0.3 is 19.8 Å². The van der Waals surface area contributed by atoms with Crippen molar-refractivity contribution in [3.8, 4) is 5.75 Å². The SMILES string of the molecule is CN1CCC23c4c5ccc(CO)c4O[C@H]2C(=O)CC[C@@]3(O)C1C5.Cl. The lowest BCUT2D eigenvalue weighted by Crippen LogP contribution is -2.76. The van der Waals surface area contributed by atoms with E-state index in [0.717, 1.165) is 36.1 Å². The molecule has 0 radical (unpaired) electrons. The van der Waals surface area contributed by atoms with Crippen LogP contribution < -0.4 is 4.74 Å². The molecule has 2 aliphatic heterocycles. The van der Waals surface area contributed by atoms with E-state index in [4.69, 9.17) is 4.74 Å². The van der Waals surface area contributed by atoms with Gasteiger partial charge in [-0.15, -0.1) is 12.4 Å². The fourth-order valence-corrected chi connectivity index (χ4v) is 5.73. The van der Waals surface area contributed by atoms with Crippen LogP contribution in [0.5, 0.6) is 5.75 Å². The first-order valence-electron chi connectivity index (χ1n) is 8.41. The van der Waals surface area contributed by atoms with Gasteiger partial charge in [-0.2, -0.15) is 0 Å². The maximum absolute atomic E-state index is 12.6. The van der Waals surface area contributed by atoms with Crippen LogP contribution in [0.25, 0.3) is 0 Å². The number of benzene rings is 1. The molecule has 1 spiro atoms. The van der Waals surface area contributed by atoms with Crippen LogP contribution >= 0.6 is 12.4 Å². The molecule has 1 aromatic rings. The summed E-state index contributed by atoms with van der Waals surface area (Å²) in [5, 5.41) is 21.4. The third-order valence-electron chi connectivity index (χ3n) is 6.80. The number of hydrogen-bond donors (Lipinski definition) is 2. The van der Waals surface area contributed by atoms with Crippen molar-refractivity contribution in [2.45, 2.75) is 55.5 Å². The highest BCUT2D eigenvalue weighted by molar-refractivity contribution is 5.89. The van der Waals surface area contributed by atoms with Crippen LogP contribution in [0.2, 0.25) is 0 Å². The number of ketones is 1. The molecule has 2 bridgehead atoms. The standard InChI is InChI=1S/C18H21NO4.ClH/c1-19-7-6-17-14-10-2-3-11(9-20)15(14)23-16(17)12(21)4-5-18(17,22)13(19)8-10;/h2-3,13,16,20,22H,4-9H2,1H3;1H/t13?,16-,17?,18+;/m0./s1. The zero-order valence-electron chi connectivity index (χ0n) is 13.6. The molecule has 0 aromatic heterocycles. The van der Waals surface area contributed by atoms with Gasteiger partial charge in [-0.25, -0.2) is 0 Å². The van der Waals surface area contributed by atoms with Crippen LogP contribution in [0.1, 0.15) is 36.0 Å². The highest BCUT2D eigenvalue weighted by atomic mass is 35.5. The Bertz CT molecular complexity index is 738. The lowest BCUT2D eigenvalue weighted by atomic mass is 9.49. The molecule has 2 fully saturated rings. The first-order chi connectivity index (χ1) is 11.0. The summed E-state index contributed by atoms with van der Waals surface area (Å²) in [6.07, 6.45) is 1.77. The fraction of sp³-hybridized carbons (Fsp3) is 0.611. The molecular weight excluding hydrogens is 330 g/mol. The summed E-state index contributed by atoms with van der Waals surface area (Å²) < 4.78 is 6.13. The van der Waals surface area contributed by atoms with E-state index >= 15 is 0 Å². The number of aliphatic hydroxyl groups is 2. The Morgan fingerprint density at radius 2 is 2.17 bits per heavy atom. The number of hydrogen-bond acceptors (Lipinski definition) is 5. The molecule has 6 heteroatoms. The zero-order valence-corrected chi connectivity index (χ0v) is 14.4. The van der Waals surface area contributed by atoms with Crippen LogP contribution in [-0.2, 0) is 23.2 Å². The van der Waals surface area contributed by atoms with Crippen molar-refractivity contribution in [2.75, 3.05) is 13.6 Å². The van der Waals surface area contributed by atoms with Crippen molar-refractivity contribution in [3.63, 3.8) is 0 Å². The second-order valence-corrected chi connectivity index (χ2v) is 7.56. The molecule has 4 aliphatic rings. The van der Waals surface area contributed by atoms with E-state index in [-0.39, 0.29) is 30.8 Å². The average Bonchev–Trinajstić information content (AvgIpc) is 2.90. The highest BCUT2D eigenvalue weighted by Gasteiger charge is 2.72. The average molecular weight is 352 g/mol. The van der Waals surface area contributed by atoms with Gasteiger partial charge >= 0.3 is 0 Å². The van der Waals surface area contributed by atoms with Crippen LogP contribution in [0, 0.1) is 0 Å². The summed E-state index contributed by atoms with van der Waals surface area (Å²) in [6.45, 7) is 0.740. The van der Waals surface area contributed by atoms with Gasteiger partial charge in [0, 0.05) is 23.6 Å². The third-order valence-corrected chi connectivity index (χ3v) is 6.80. The molecule has 5 nitrogen and oxygen atoms in total. The van der Waals surface area contributed by atoms with Gasteiger partial charge in [0.05, 0.1) is 17.6 Å². The zero-order chi connectivity index (χ0) is 16.0. The van der Waals surface area contributed by atoms with Crippen molar-refractivity contribution in [2.24, 2.45) is 0 Å². The van der Waals surface area contributed by atoms with Crippen molar-refractivity contribution < 1.29 is 19.7 Å². The van der Waals surface area contributed by atoms with Crippen molar-refractivity contribution in [3.05, 3.63) is 28.8 Å². The van der Waals surface area contributed by atoms with Gasteiger partial charge in [-0.3, -0.25) is 4.79 Å². The molecule has 2 unspecified atom stereocenters. The van der Waals surface area contributed by atoms with Crippen LogP contribution in [0.3, 0.4) is 0 Å². The summed E-state index contributed by atoms with van der Waals surface area (Å²) in [5.41, 5.74) is 1.34. The number of likely N-dealkylation sites (tertiary alicyclic amines) is 1. The van der Waals surface area contributed by atoms with E-state index in [9.17, 15) is 15.0 Å². The lowest BCUT2D eigenvalue weighted by molar-refractivity contribution is -0.185. The number of carbonyl (C=O) groups is 1. The molecule has 2 heterocycles. The van der Waals surface area contributed by atoms with E-state index in [1.807, 2.05) is 12.1 Å². The minimum absolute atomic E-state index is 0. The first kappa shape index (κ1) is 16.3. The van der Waals surface area contributed by atoms with Crippen molar-refractivity contribution >= 4 is 18.2 Å². The molecule has 1 aromatic carbocycles. The Labute approximate surface area is 147 Å². The van der Waals surface area contributed by atoms with Crippen LogP contribution in [0.15, 0.2) is 12.1 Å². The molecule has 2 N–H and O–H groups in total. The highest BCUT2D eigenvalue weighted by Crippen LogP contribution is 2.63. The number of ether oxygens (including phenoxy) is 1. The number of nitrogens with zero attached hydrogens (tertiary/aromatic N) is 1. The topological polar surface area (TPSA) is 70.0 Å². The minimum atomic E-state index is -0.926. The summed E-state index contributed by atoms with van der Waals surface area (Å²) in [6, 6.07) is 3.96. The van der Waals surface area contributed by atoms with Gasteiger partial charge in [0.15, 0.2) is 11.9 Å². The molecule has 2 aliphatic carbocycles. The maximum Gasteiger partial charge on any atom is 0.174 e. The summed E-state index contributed by atoms with van der Waals surface area (Å²) in [5.74, 6) is 0.748. The second-order valence-electron chi connectivity index (χ2n) is 7.56. The van der Waals surface area contributed by atoms with Crippen LogP contribution in [-0.4, -0.2) is 52.2 Å². The third kappa shape index (κ3) is 1.55. The molecule has 1 saturated carbocycles. The number of aliphatic hydroxyl groups excluding tert-OH is 1. The van der Waals surface area contributed by atoms with E-state index < -0.39 is 17.1 Å². The number of Topliss-reactive ketones (excluding diaryl/α,β-unsaturated/α-hetero) is 1. The Morgan fingerprint density at radius 1 is 1.38 bits per heavy atom.